The minimum absolute atomic E-state index is 0.316. The molecule has 0 radical (unpaired) electrons. The first-order valence-electron chi connectivity index (χ1n) is 7.55. The molecule has 0 bridgehead atoms. The summed E-state index contributed by atoms with van der Waals surface area (Å²) in [5.41, 5.74) is 0.316. The lowest BCUT2D eigenvalue weighted by molar-refractivity contribution is -0.150. The molecule has 3 fully saturated rings. The van der Waals surface area contributed by atoms with Gasteiger partial charge in [0.05, 0.1) is 5.60 Å². The minimum Gasteiger partial charge on any atom is -0.375 e. The molecule has 1 spiro atoms. The lowest BCUT2D eigenvalue weighted by Crippen LogP contribution is -2.47. The standard InChI is InChI=1S/C15H25ClO/c16-14-5-2-1-4-12(10-14)13-6-9-17-15(11-13)7-3-8-15/h12-14H,1-11H2. The average molecular weight is 257 g/mol. The molecular formula is C15H25ClO. The predicted octanol–water partition coefficient (Wildman–Crippen LogP) is 4.52. The Labute approximate surface area is 110 Å². The van der Waals surface area contributed by atoms with Gasteiger partial charge in [0.1, 0.15) is 0 Å². The maximum atomic E-state index is 6.42. The Morgan fingerprint density at radius 3 is 2.53 bits per heavy atom. The Hall–Kier alpha value is 0.250. The van der Waals surface area contributed by atoms with Crippen LogP contribution in [0.3, 0.4) is 0 Å². The van der Waals surface area contributed by atoms with Gasteiger partial charge in [0.15, 0.2) is 0 Å². The third-order valence-electron chi connectivity index (χ3n) is 5.36. The highest BCUT2D eigenvalue weighted by Gasteiger charge is 2.44. The Balaban J connectivity index is 1.62. The van der Waals surface area contributed by atoms with Crippen molar-refractivity contribution in [1.82, 2.24) is 0 Å². The van der Waals surface area contributed by atoms with Crippen molar-refractivity contribution in [2.24, 2.45) is 11.8 Å². The number of halogens is 1. The maximum Gasteiger partial charge on any atom is 0.0685 e. The highest BCUT2D eigenvalue weighted by molar-refractivity contribution is 6.20. The number of alkyl halides is 1. The van der Waals surface area contributed by atoms with Crippen LogP contribution in [0.4, 0.5) is 0 Å². The van der Waals surface area contributed by atoms with Gasteiger partial charge in [-0.2, -0.15) is 0 Å². The second-order valence-electron chi connectivity index (χ2n) is 6.52. The second kappa shape index (κ2) is 5.09. The Morgan fingerprint density at radius 1 is 0.941 bits per heavy atom. The highest BCUT2D eigenvalue weighted by Crippen LogP contribution is 2.48. The van der Waals surface area contributed by atoms with Gasteiger partial charge in [-0.15, -0.1) is 11.6 Å². The number of hydrogen-bond acceptors (Lipinski definition) is 1. The average Bonchev–Trinajstić information content (AvgIpc) is 2.52. The number of ether oxygens (including phenoxy) is 1. The van der Waals surface area contributed by atoms with Gasteiger partial charge in [0, 0.05) is 12.0 Å². The van der Waals surface area contributed by atoms with Crippen molar-refractivity contribution in [3.05, 3.63) is 0 Å². The first-order valence-corrected chi connectivity index (χ1v) is 7.99. The molecule has 0 amide bonds. The number of hydrogen-bond donors (Lipinski definition) is 0. The van der Waals surface area contributed by atoms with Crippen LogP contribution >= 0.6 is 11.6 Å². The van der Waals surface area contributed by atoms with Gasteiger partial charge >= 0.3 is 0 Å². The molecular weight excluding hydrogens is 232 g/mol. The fourth-order valence-corrected chi connectivity index (χ4v) is 4.54. The Bertz CT molecular complexity index is 262. The fraction of sp³-hybridized carbons (Fsp3) is 1.00. The summed E-state index contributed by atoms with van der Waals surface area (Å²) in [5.74, 6) is 1.80. The lowest BCUT2D eigenvalue weighted by Gasteiger charge is -2.49. The third-order valence-corrected chi connectivity index (χ3v) is 5.76. The highest BCUT2D eigenvalue weighted by atomic mass is 35.5. The molecule has 98 valence electrons. The van der Waals surface area contributed by atoms with Crippen molar-refractivity contribution in [1.29, 1.82) is 0 Å². The summed E-state index contributed by atoms with van der Waals surface area (Å²) in [6.07, 6.45) is 13.3. The van der Waals surface area contributed by atoms with Gasteiger partial charge in [-0.3, -0.25) is 0 Å². The van der Waals surface area contributed by atoms with Crippen molar-refractivity contribution in [2.75, 3.05) is 6.61 Å². The van der Waals surface area contributed by atoms with Gasteiger partial charge < -0.3 is 4.74 Å². The van der Waals surface area contributed by atoms with Crippen molar-refractivity contribution >= 4 is 11.6 Å². The van der Waals surface area contributed by atoms with E-state index in [0.29, 0.717) is 11.0 Å². The molecule has 2 aliphatic carbocycles. The zero-order valence-corrected chi connectivity index (χ0v) is 11.6. The molecule has 17 heavy (non-hydrogen) atoms. The van der Waals surface area contributed by atoms with Crippen molar-refractivity contribution < 1.29 is 4.74 Å². The van der Waals surface area contributed by atoms with E-state index in [0.717, 1.165) is 18.4 Å². The molecule has 2 saturated carbocycles. The topological polar surface area (TPSA) is 9.23 Å². The Morgan fingerprint density at radius 2 is 1.76 bits per heavy atom. The zero-order chi connectivity index (χ0) is 11.7. The molecule has 0 aromatic heterocycles. The third kappa shape index (κ3) is 2.66. The molecule has 0 aromatic rings. The molecule has 1 heterocycles. The van der Waals surface area contributed by atoms with Crippen molar-refractivity contribution in [3.8, 4) is 0 Å². The first kappa shape index (κ1) is 12.3. The summed E-state index contributed by atoms with van der Waals surface area (Å²) in [7, 11) is 0. The van der Waals surface area contributed by atoms with Crippen LogP contribution < -0.4 is 0 Å². The smallest absolute Gasteiger partial charge is 0.0685 e. The van der Waals surface area contributed by atoms with E-state index in [2.05, 4.69) is 0 Å². The molecule has 3 aliphatic rings. The van der Waals surface area contributed by atoms with E-state index in [4.69, 9.17) is 16.3 Å². The lowest BCUT2D eigenvalue weighted by atomic mass is 9.68. The van der Waals surface area contributed by atoms with Crippen LogP contribution in [0.2, 0.25) is 0 Å². The van der Waals surface area contributed by atoms with Crippen molar-refractivity contribution in [2.45, 2.75) is 75.2 Å². The van der Waals surface area contributed by atoms with Gasteiger partial charge in [-0.05, 0) is 56.8 Å². The monoisotopic (exact) mass is 256 g/mol. The SMILES string of the molecule is ClC1CCCCC(C2CCOC3(CCC3)C2)C1. The van der Waals surface area contributed by atoms with E-state index in [9.17, 15) is 0 Å². The molecule has 3 atom stereocenters. The van der Waals surface area contributed by atoms with Crippen LogP contribution in [0.15, 0.2) is 0 Å². The maximum absolute atomic E-state index is 6.42. The summed E-state index contributed by atoms with van der Waals surface area (Å²) in [5, 5.41) is 0.447. The van der Waals surface area contributed by atoms with Gasteiger partial charge in [0.2, 0.25) is 0 Å². The minimum atomic E-state index is 0.316. The van der Waals surface area contributed by atoms with E-state index < -0.39 is 0 Å². The van der Waals surface area contributed by atoms with E-state index in [-0.39, 0.29) is 0 Å². The normalized spacial score (nSPS) is 41.8. The van der Waals surface area contributed by atoms with Crippen LogP contribution in [-0.4, -0.2) is 17.6 Å². The van der Waals surface area contributed by atoms with Crippen LogP contribution in [0, 0.1) is 11.8 Å². The summed E-state index contributed by atoms with van der Waals surface area (Å²) in [6, 6.07) is 0. The van der Waals surface area contributed by atoms with Crippen LogP contribution in [0.5, 0.6) is 0 Å². The molecule has 3 unspecified atom stereocenters. The summed E-state index contributed by atoms with van der Waals surface area (Å²) < 4.78 is 6.05. The summed E-state index contributed by atoms with van der Waals surface area (Å²) in [6.45, 7) is 1.01. The Kier molecular flexibility index (Phi) is 3.68. The molecule has 2 heteroatoms. The van der Waals surface area contributed by atoms with E-state index in [1.54, 1.807) is 0 Å². The molecule has 1 aliphatic heterocycles. The van der Waals surface area contributed by atoms with Crippen LogP contribution in [0.25, 0.3) is 0 Å². The zero-order valence-electron chi connectivity index (χ0n) is 10.8. The van der Waals surface area contributed by atoms with E-state index in [1.165, 1.54) is 64.2 Å². The van der Waals surface area contributed by atoms with E-state index in [1.807, 2.05) is 0 Å². The molecule has 1 saturated heterocycles. The van der Waals surface area contributed by atoms with Gasteiger partial charge in [-0.1, -0.05) is 19.3 Å². The molecule has 0 N–H and O–H groups in total. The quantitative estimate of drug-likeness (QED) is 0.495. The summed E-state index contributed by atoms with van der Waals surface area (Å²) >= 11 is 6.42. The first-order chi connectivity index (χ1) is 8.27. The fourth-order valence-electron chi connectivity index (χ4n) is 4.15. The van der Waals surface area contributed by atoms with Crippen LogP contribution in [-0.2, 0) is 4.74 Å². The van der Waals surface area contributed by atoms with Gasteiger partial charge in [0.25, 0.3) is 0 Å². The van der Waals surface area contributed by atoms with Crippen molar-refractivity contribution in [3.63, 3.8) is 0 Å². The predicted molar refractivity (Wildman–Crippen MR) is 71.5 cm³/mol. The van der Waals surface area contributed by atoms with E-state index >= 15 is 0 Å². The largest absolute Gasteiger partial charge is 0.375 e. The van der Waals surface area contributed by atoms with Crippen LogP contribution in [0.1, 0.15) is 64.2 Å². The number of rotatable bonds is 1. The molecule has 3 rings (SSSR count). The van der Waals surface area contributed by atoms with Gasteiger partial charge in [-0.25, -0.2) is 0 Å². The molecule has 1 nitrogen and oxygen atoms in total. The second-order valence-corrected chi connectivity index (χ2v) is 7.13. The molecule has 0 aromatic carbocycles. The summed E-state index contributed by atoms with van der Waals surface area (Å²) in [4.78, 5) is 0.